The molecule has 0 saturated heterocycles. The average Bonchev–Trinajstić information content (AvgIpc) is 3.19. The van der Waals surface area contributed by atoms with Crippen molar-refractivity contribution in [2.75, 3.05) is 11.1 Å². The molecule has 0 aliphatic carbocycles. The van der Waals surface area contributed by atoms with Crippen LogP contribution in [-0.4, -0.2) is 24.5 Å². The molecule has 5 rings (SSSR count). The molecule has 0 unspecified atom stereocenters. The van der Waals surface area contributed by atoms with Gasteiger partial charge in [-0.2, -0.15) is 0 Å². The summed E-state index contributed by atoms with van der Waals surface area (Å²) in [7, 11) is 2.05. The smallest absolute Gasteiger partial charge is 0.219 e. The van der Waals surface area contributed by atoms with E-state index in [1.54, 1.807) is 12.4 Å². The van der Waals surface area contributed by atoms with Crippen LogP contribution in [0, 0.1) is 6.92 Å². The highest BCUT2D eigenvalue weighted by molar-refractivity contribution is 5.85. The van der Waals surface area contributed by atoms with Gasteiger partial charge in [-0.25, -0.2) is 19.9 Å². The largest absolute Gasteiger partial charge is 0.368 e. The fourth-order valence-electron chi connectivity index (χ4n) is 3.99. The molecule has 0 radical (unpaired) electrons. The molecule has 0 amide bonds. The first-order chi connectivity index (χ1) is 16.0. The summed E-state index contributed by atoms with van der Waals surface area (Å²) in [6, 6.07) is 18.9. The molecule has 3 heterocycles. The molecule has 0 saturated carbocycles. The third kappa shape index (κ3) is 4.25. The standard InChI is InChI=1S/C26H25N7/c1-16(19-5-4-6-20(11-19)22-14-28-26(27)29-15-22)30-25-13-23(31-17(2)32-25)21-8-7-18-9-10-33(3)24(18)12-21/h4-16H,1-3H3,(H2,27,28,29)(H,30,31,32)/t16-/m0/s1. The van der Waals surface area contributed by atoms with Gasteiger partial charge < -0.3 is 15.6 Å². The normalized spacial score (nSPS) is 12.1. The minimum absolute atomic E-state index is 0.0390. The molecule has 0 aliphatic heterocycles. The lowest BCUT2D eigenvalue weighted by atomic mass is 10.0. The molecule has 3 aromatic heterocycles. The van der Waals surface area contributed by atoms with Crippen LogP contribution >= 0.6 is 0 Å². The molecule has 1 atom stereocenters. The van der Waals surface area contributed by atoms with Crippen molar-refractivity contribution >= 4 is 22.7 Å². The number of anilines is 2. The SMILES string of the molecule is Cc1nc(N[C@@H](C)c2cccc(-c3cnc(N)nc3)c2)cc(-c2ccc3ccn(C)c3c2)n1. The van der Waals surface area contributed by atoms with Crippen molar-refractivity contribution < 1.29 is 0 Å². The number of hydrogen-bond donors (Lipinski definition) is 2. The summed E-state index contributed by atoms with van der Waals surface area (Å²) >= 11 is 0. The number of rotatable bonds is 5. The summed E-state index contributed by atoms with van der Waals surface area (Å²) < 4.78 is 2.12. The van der Waals surface area contributed by atoms with E-state index in [0.29, 0.717) is 0 Å². The molecular weight excluding hydrogens is 410 g/mol. The van der Waals surface area contributed by atoms with E-state index in [1.807, 2.05) is 25.1 Å². The second kappa shape index (κ2) is 8.35. The van der Waals surface area contributed by atoms with Crippen LogP contribution in [0.25, 0.3) is 33.3 Å². The van der Waals surface area contributed by atoms with E-state index < -0.39 is 0 Å². The average molecular weight is 436 g/mol. The van der Waals surface area contributed by atoms with E-state index in [2.05, 4.69) is 86.4 Å². The highest BCUT2D eigenvalue weighted by Crippen LogP contribution is 2.28. The minimum Gasteiger partial charge on any atom is -0.368 e. The Labute approximate surface area is 192 Å². The van der Waals surface area contributed by atoms with Gasteiger partial charge in [0.15, 0.2) is 0 Å². The van der Waals surface area contributed by atoms with Gasteiger partial charge in [-0.1, -0.05) is 30.3 Å². The maximum atomic E-state index is 5.62. The monoisotopic (exact) mass is 435 g/mol. The molecule has 0 aliphatic rings. The van der Waals surface area contributed by atoms with E-state index in [-0.39, 0.29) is 12.0 Å². The molecule has 7 heteroatoms. The van der Waals surface area contributed by atoms with Crippen LogP contribution < -0.4 is 11.1 Å². The van der Waals surface area contributed by atoms with Crippen LogP contribution in [0.15, 0.2) is 73.2 Å². The molecular formula is C26H25N7. The predicted molar refractivity (Wildman–Crippen MR) is 133 cm³/mol. The summed E-state index contributed by atoms with van der Waals surface area (Å²) in [5.74, 6) is 1.78. The maximum Gasteiger partial charge on any atom is 0.219 e. The number of nitrogens with one attached hydrogen (secondary N) is 1. The first-order valence-corrected chi connectivity index (χ1v) is 10.8. The van der Waals surface area contributed by atoms with Gasteiger partial charge in [-0.15, -0.1) is 0 Å². The fraction of sp³-hybridized carbons (Fsp3) is 0.154. The number of nitrogen functional groups attached to an aromatic ring is 1. The van der Waals surface area contributed by atoms with Gasteiger partial charge in [0.05, 0.1) is 5.69 Å². The highest BCUT2D eigenvalue weighted by atomic mass is 15.0. The van der Waals surface area contributed by atoms with Gasteiger partial charge in [0.1, 0.15) is 11.6 Å². The van der Waals surface area contributed by atoms with Crippen LogP contribution in [0.1, 0.15) is 24.4 Å². The van der Waals surface area contributed by atoms with E-state index in [0.717, 1.165) is 39.6 Å². The van der Waals surface area contributed by atoms with E-state index in [1.165, 1.54) is 10.9 Å². The molecule has 7 nitrogen and oxygen atoms in total. The van der Waals surface area contributed by atoms with Crippen molar-refractivity contribution in [3.05, 3.63) is 84.6 Å². The van der Waals surface area contributed by atoms with Gasteiger partial charge >= 0.3 is 0 Å². The molecule has 0 spiro atoms. The minimum atomic E-state index is 0.0390. The lowest BCUT2D eigenvalue weighted by Gasteiger charge is -2.17. The summed E-state index contributed by atoms with van der Waals surface area (Å²) in [6.45, 7) is 4.04. The Hall–Kier alpha value is -4.26. The van der Waals surface area contributed by atoms with Crippen molar-refractivity contribution in [2.45, 2.75) is 19.9 Å². The van der Waals surface area contributed by atoms with Crippen LogP contribution in [0.2, 0.25) is 0 Å². The second-order valence-electron chi connectivity index (χ2n) is 8.21. The van der Waals surface area contributed by atoms with E-state index >= 15 is 0 Å². The Balaban J connectivity index is 1.42. The number of nitrogens with two attached hydrogens (primary N) is 1. The molecule has 0 fully saturated rings. The van der Waals surface area contributed by atoms with Gasteiger partial charge in [-0.05, 0) is 48.6 Å². The summed E-state index contributed by atoms with van der Waals surface area (Å²) in [6.07, 6.45) is 5.55. The fourth-order valence-corrected chi connectivity index (χ4v) is 3.99. The molecule has 164 valence electrons. The molecule has 5 aromatic rings. The van der Waals surface area contributed by atoms with Crippen LogP contribution in [0.5, 0.6) is 0 Å². The van der Waals surface area contributed by atoms with Crippen molar-refractivity contribution in [3.63, 3.8) is 0 Å². The van der Waals surface area contributed by atoms with E-state index in [4.69, 9.17) is 5.73 Å². The van der Waals surface area contributed by atoms with Crippen LogP contribution in [-0.2, 0) is 7.05 Å². The first-order valence-electron chi connectivity index (χ1n) is 10.8. The Bertz CT molecular complexity index is 1440. The lowest BCUT2D eigenvalue weighted by Crippen LogP contribution is -2.09. The number of aryl methyl sites for hydroxylation is 2. The number of aromatic nitrogens is 5. The summed E-state index contributed by atoms with van der Waals surface area (Å²) in [5.41, 5.74) is 11.9. The zero-order chi connectivity index (χ0) is 22.9. The summed E-state index contributed by atoms with van der Waals surface area (Å²) in [4.78, 5) is 17.5. The molecule has 33 heavy (non-hydrogen) atoms. The highest BCUT2D eigenvalue weighted by Gasteiger charge is 2.11. The number of fused-ring (bicyclic) bond motifs is 1. The third-order valence-corrected chi connectivity index (χ3v) is 5.78. The zero-order valence-electron chi connectivity index (χ0n) is 18.8. The van der Waals surface area contributed by atoms with Gasteiger partial charge in [0.25, 0.3) is 0 Å². The first kappa shape index (κ1) is 20.6. The Morgan fingerprint density at radius 2 is 1.73 bits per heavy atom. The Kier molecular flexibility index (Phi) is 5.22. The number of hydrogen-bond acceptors (Lipinski definition) is 6. The third-order valence-electron chi connectivity index (χ3n) is 5.78. The predicted octanol–water partition coefficient (Wildman–Crippen LogP) is 5.16. The van der Waals surface area contributed by atoms with Crippen molar-refractivity contribution in [1.29, 1.82) is 0 Å². The lowest BCUT2D eigenvalue weighted by molar-refractivity contribution is 0.868. The van der Waals surface area contributed by atoms with Gasteiger partial charge in [-0.3, -0.25) is 0 Å². The summed E-state index contributed by atoms with van der Waals surface area (Å²) in [5, 5.41) is 4.75. The maximum absolute atomic E-state index is 5.62. The molecule has 0 bridgehead atoms. The molecule has 3 N–H and O–H groups in total. The van der Waals surface area contributed by atoms with Crippen LogP contribution in [0.4, 0.5) is 11.8 Å². The van der Waals surface area contributed by atoms with Crippen molar-refractivity contribution in [2.24, 2.45) is 7.05 Å². The molecule has 2 aromatic carbocycles. The van der Waals surface area contributed by atoms with Gasteiger partial charge in [0, 0.05) is 54.4 Å². The number of nitrogens with zero attached hydrogens (tertiary/aromatic N) is 5. The van der Waals surface area contributed by atoms with Crippen molar-refractivity contribution in [1.82, 2.24) is 24.5 Å². The van der Waals surface area contributed by atoms with Crippen LogP contribution in [0.3, 0.4) is 0 Å². The number of benzene rings is 2. The Morgan fingerprint density at radius 1 is 0.909 bits per heavy atom. The van der Waals surface area contributed by atoms with Crippen molar-refractivity contribution in [3.8, 4) is 22.4 Å². The topological polar surface area (TPSA) is 94.5 Å². The quantitative estimate of drug-likeness (QED) is 0.396. The van der Waals surface area contributed by atoms with E-state index in [9.17, 15) is 0 Å². The van der Waals surface area contributed by atoms with Gasteiger partial charge in [0.2, 0.25) is 5.95 Å². The second-order valence-corrected chi connectivity index (χ2v) is 8.21. The Morgan fingerprint density at radius 3 is 2.55 bits per heavy atom. The zero-order valence-corrected chi connectivity index (χ0v) is 18.8.